The van der Waals surface area contributed by atoms with E-state index >= 15 is 0 Å². The lowest BCUT2D eigenvalue weighted by Crippen LogP contribution is -2.38. The first-order valence-corrected chi connectivity index (χ1v) is 14.8. The van der Waals surface area contributed by atoms with Gasteiger partial charge in [-0.1, -0.05) is 72.5 Å². The van der Waals surface area contributed by atoms with Gasteiger partial charge in [-0.15, -0.1) is 0 Å². The molecule has 168 valence electrons. The first-order valence-electron chi connectivity index (χ1n) is 12.0. The fourth-order valence-corrected chi connectivity index (χ4v) is 9.98. The predicted octanol–water partition coefficient (Wildman–Crippen LogP) is 5.61. The van der Waals surface area contributed by atoms with E-state index in [1.807, 2.05) is 0 Å². The molecule has 2 aromatic rings. The number of ether oxygens (including phenoxy) is 1. The zero-order chi connectivity index (χ0) is 21.8. The number of benzene rings is 2. The molecule has 3 aliphatic rings. The molecule has 2 heterocycles. The number of hydrogen-bond donors (Lipinski definition) is 0. The van der Waals surface area contributed by atoms with Gasteiger partial charge in [-0.3, -0.25) is 4.67 Å². The Morgan fingerprint density at radius 2 is 1.44 bits per heavy atom. The van der Waals surface area contributed by atoms with Crippen molar-refractivity contribution >= 4 is 29.4 Å². The van der Waals surface area contributed by atoms with E-state index in [9.17, 15) is 0 Å². The molecule has 5 rings (SSSR count). The van der Waals surface area contributed by atoms with Crippen molar-refractivity contribution in [2.45, 2.75) is 32.1 Å². The molecule has 2 fully saturated rings. The SMILES string of the molecule is S=P(C1=C(N2CCCCC2)/C(=C\c2ccccc2)CC1)(c1ccccc1)N1CCOCC1. The zero-order valence-electron chi connectivity index (χ0n) is 18.8. The molecule has 0 bridgehead atoms. The molecular weight excluding hydrogens is 431 g/mol. The maximum atomic E-state index is 6.78. The van der Waals surface area contributed by atoms with Crippen LogP contribution < -0.4 is 5.30 Å². The van der Waals surface area contributed by atoms with Gasteiger partial charge in [-0.05, 0) is 49.3 Å². The van der Waals surface area contributed by atoms with E-state index in [1.165, 1.54) is 46.7 Å². The normalized spacial score (nSPS) is 23.5. The summed E-state index contributed by atoms with van der Waals surface area (Å²) in [5.41, 5.74) is 4.25. The predicted molar refractivity (Wildman–Crippen MR) is 139 cm³/mol. The smallest absolute Gasteiger partial charge is 0.0693 e. The Morgan fingerprint density at radius 1 is 0.781 bits per heavy atom. The molecule has 0 amide bonds. The maximum absolute atomic E-state index is 6.78. The Balaban J connectivity index is 1.67. The summed E-state index contributed by atoms with van der Waals surface area (Å²) in [6.45, 7) is 5.73. The lowest BCUT2D eigenvalue weighted by atomic mass is 10.1. The van der Waals surface area contributed by atoms with Crippen LogP contribution >= 0.6 is 6.19 Å². The fraction of sp³-hybridized carbons (Fsp3) is 0.407. The Kier molecular flexibility index (Phi) is 6.94. The average Bonchev–Trinajstić information content (AvgIpc) is 3.29. The Morgan fingerprint density at radius 3 is 2.12 bits per heavy atom. The van der Waals surface area contributed by atoms with Crippen LogP contribution in [0.3, 0.4) is 0 Å². The molecule has 5 heteroatoms. The highest BCUT2D eigenvalue weighted by molar-refractivity contribution is 8.19. The van der Waals surface area contributed by atoms with E-state index in [-0.39, 0.29) is 0 Å². The summed E-state index contributed by atoms with van der Waals surface area (Å²) in [7, 11) is 0. The third-order valence-corrected chi connectivity index (χ3v) is 12.2. The van der Waals surface area contributed by atoms with Crippen LogP contribution in [-0.2, 0) is 16.5 Å². The van der Waals surface area contributed by atoms with Gasteiger partial charge in [0, 0.05) is 42.5 Å². The van der Waals surface area contributed by atoms with Gasteiger partial charge in [0.25, 0.3) is 0 Å². The summed E-state index contributed by atoms with van der Waals surface area (Å²) >= 11 is 6.78. The van der Waals surface area contributed by atoms with Gasteiger partial charge in [0.05, 0.1) is 19.4 Å². The minimum absolute atomic E-state index is 0.782. The van der Waals surface area contributed by atoms with Gasteiger partial charge in [-0.2, -0.15) is 0 Å². The lowest BCUT2D eigenvalue weighted by molar-refractivity contribution is 0.0752. The molecule has 3 nitrogen and oxygen atoms in total. The molecule has 0 radical (unpaired) electrons. The van der Waals surface area contributed by atoms with Crippen LogP contribution in [-0.4, -0.2) is 49.0 Å². The van der Waals surface area contributed by atoms with E-state index in [4.69, 9.17) is 16.5 Å². The van der Waals surface area contributed by atoms with E-state index < -0.39 is 6.19 Å². The lowest BCUT2D eigenvalue weighted by Gasteiger charge is -2.41. The summed E-state index contributed by atoms with van der Waals surface area (Å²) in [6, 6.07) is 21.8. The first-order chi connectivity index (χ1) is 15.8. The first kappa shape index (κ1) is 22.1. The van der Waals surface area contributed by atoms with Gasteiger partial charge in [0.1, 0.15) is 0 Å². The molecule has 1 unspecified atom stereocenters. The van der Waals surface area contributed by atoms with Crippen molar-refractivity contribution in [1.82, 2.24) is 9.57 Å². The minimum Gasteiger partial charge on any atom is -0.379 e. The van der Waals surface area contributed by atoms with Gasteiger partial charge in [0.15, 0.2) is 0 Å². The molecule has 2 aliphatic heterocycles. The standard InChI is InChI=1S/C27H33N2OPS/c32-31(25-12-6-2-7-13-25,29-18-20-30-21-19-29)26-15-14-24(22-23-10-4-1-5-11-23)27(26)28-16-8-3-9-17-28/h1-2,4-7,10-13,22H,3,8-9,14-21H2/b24-22-. The second-order valence-corrected chi connectivity index (χ2v) is 13.3. The molecule has 0 aromatic heterocycles. The summed E-state index contributed by atoms with van der Waals surface area (Å²) in [5, 5.41) is 2.87. The van der Waals surface area contributed by atoms with Crippen LogP contribution in [0.1, 0.15) is 37.7 Å². The van der Waals surface area contributed by atoms with Crippen LogP contribution in [0.25, 0.3) is 6.08 Å². The maximum Gasteiger partial charge on any atom is 0.0693 e. The van der Waals surface area contributed by atoms with E-state index in [2.05, 4.69) is 76.3 Å². The van der Waals surface area contributed by atoms with Gasteiger partial charge in [-0.25, -0.2) is 0 Å². The second kappa shape index (κ2) is 10.1. The monoisotopic (exact) mass is 464 g/mol. The Hall–Kier alpha value is -1.71. The molecule has 32 heavy (non-hydrogen) atoms. The van der Waals surface area contributed by atoms with E-state index in [1.54, 1.807) is 0 Å². The molecule has 0 N–H and O–H groups in total. The number of allylic oxidation sites excluding steroid dienone is 2. The van der Waals surface area contributed by atoms with Crippen LogP contribution in [0, 0.1) is 0 Å². The molecule has 1 aliphatic carbocycles. The minimum atomic E-state index is -2.08. The fourth-order valence-electron chi connectivity index (χ4n) is 5.32. The summed E-state index contributed by atoms with van der Waals surface area (Å²) in [4.78, 5) is 2.67. The number of nitrogens with zero attached hydrogens (tertiary/aromatic N) is 2. The zero-order valence-corrected chi connectivity index (χ0v) is 20.5. The van der Waals surface area contributed by atoms with Crippen molar-refractivity contribution in [3.05, 3.63) is 82.8 Å². The molecular formula is C27H33N2OPS. The van der Waals surface area contributed by atoms with Crippen molar-refractivity contribution in [3.63, 3.8) is 0 Å². The van der Waals surface area contributed by atoms with E-state index in [0.29, 0.717) is 0 Å². The van der Waals surface area contributed by atoms with Gasteiger partial charge >= 0.3 is 0 Å². The summed E-state index contributed by atoms with van der Waals surface area (Å²) < 4.78 is 8.33. The summed E-state index contributed by atoms with van der Waals surface area (Å²) in [6.07, 6.45) is 6.41. The van der Waals surface area contributed by atoms with Crippen molar-refractivity contribution < 1.29 is 4.74 Å². The number of hydrogen-bond acceptors (Lipinski definition) is 3. The highest BCUT2D eigenvalue weighted by atomic mass is 32.4. The number of likely N-dealkylation sites (tertiary alicyclic amines) is 1. The number of morpholine rings is 1. The average molecular weight is 465 g/mol. The van der Waals surface area contributed by atoms with Crippen LogP contribution in [0.2, 0.25) is 0 Å². The molecule has 2 aromatic carbocycles. The van der Waals surface area contributed by atoms with Crippen molar-refractivity contribution in [3.8, 4) is 0 Å². The highest BCUT2D eigenvalue weighted by Gasteiger charge is 2.39. The largest absolute Gasteiger partial charge is 0.379 e. The molecule has 2 saturated heterocycles. The van der Waals surface area contributed by atoms with E-state index in [0.717, 1.165) is 52.2 Å². The van der Waals surface area contributed by atoms with Crippen LogP contribution in [0.5, 0.6) is 0 Å². The van der Waals surface area contributed by atoms with Gasteiger partial charge in [0.2, 0.25) is 0 Å². The Bertz CT molecular complexity index is 1020. The van der Waals surface area contributed by atoms with Crippen LogP contribution in [0.15, 0.2) is 77.2 Å². The number of rotatable bonds is 5. The van der Waals surface area contributed by atoms with Crippen LogP contribution in [0.4, 0.5) is 0 Å². The van der Waals surface area contributed by atoms with Crippen molar-refractivity contribution in [2.24, 2.45) is 0 Å². The second-order valence-electron chi connectivity index (χ2n) is 8.90. The van der Waals surface area contributed by atoms with Crippen molar-refractivity contribution in [2.75, 3.05) is 39.4 Å². The van der Waals surface area contributed by atoms with Gasteiger partial charge < -0.3 is 9.64 Å². The number of piperidine rings is 1. The Labute approximate surface area is 197 Å². The molecule has 1 atom stereocenters. The molecule has 0 spiro atoms. The third kappa shape index (κ3) is 4.39. The topological polar surface area (TPSA) is 15.7 Å². The quantitative estimate of drug-likeness (QED) is 0.534. The highest BCUT2D eigenvalue weighted by Crippen LogP contribution is 2.63. The third-order valence-electron chi connectivity index (χ3n) is 6.88. The summed E-state index contributed by atoms with van der Waals surface area (Å²) in [5.74, 6) is 0. The van der Waals surface area contributed by atoms with Crippen molar-refractivity contribution in [1.29, 1.82) is 0 Å². The molecule has 0 saturated carbocycles.